The number of hydrogen-bond acceptors (Lipinski definition) is 0. The molecule has 0 heteroatoms. The van der Waals surface area contributed by atoms with Gasteiger partial charge in [0.05, 0.1) is 0 Å². The fraction of sp³-hybridized carbons (Fsp3) is 0. The van der Waals surface area contributed by atoms with Gasteiger partial charge in [-0.1, -0.05) is 152 Å². The monoisotopic (exact) mass is 530 g/mol. The van der Waals surface area contributed by atoms with Gasteiger partial charge in [0.25, 0.3) is 0 Å². The highest BCUT2D eigenvalue weighted by atomic mass is 14.3. The zero-order valence-corrected chi connectivity index (χ0v) is 23.0. The van der Waals surface area contributed by atoms with Gasteiger partial charge < -0.3 is 0 Å². The predicted molar refractivity (Wildman–Crippen MR) is 180 cm³/mol. The normalized spacial score (nSPS) is 11.8. The molecule has 0 aliphatic heterocycles. The first-order chi connectivity index (χ1) is 20.8. The lowest BCUT2D eigenvalue weighted by atomic mass is 9.87. The molecule has 0 fully saturated rings. The van der Waals surface area contributed by atoms with Crippen molar-refractivity contribution in [3.05, 3.63) is 158 Å². The summed E-state index contributed by atoms with van der Waals surface area (Å²) in [4.78, 5) is 0. The van der Waals surface area contributed by atoms with Crippen molar-refractivity contribution in [2.75, 3.05) is 0 Å². The lowest BCUT2D eigenvalue weighted by molar-refractivity contribution is 1.58. The van der Waals surface area contributed by atoms with Gasteiger partial charge in [0, 0.05) is 0 Å². The van der Waals surface area contributed by atoms with Crippen LogP contribution >= 0.6 is 0 Å². The average Bonchev–Trinajstić information content (AvgIpc) is 3.40. The van der Waals surface area contributed by atoms with E-state index in [1.54, 1.807) is 0 Å². The van der Waals surface area contributed by atoms with E-state index < -0.39 is 0 Å². The molecule has 0 bridgehead atoms. The predicted octanol–water partition coefficient (Wildman–Crippen LogP) is 11.8. The summed E-state index contributed by atoms with van der Waals surface area (Å²) >= 11 is 0. The van der Waals surface area contributed by atoms with Gasteiger partial charge in [0.15, 0.2) is 0 Å². The highest BCUT2D eigenvalue weighted by molar-refractivity contribution is 6.26. The van der Waals surface area contributed by atoms with Crippen LogP contribution in [0.3, 0.4) is 0 Å². The summed E-state index contributed by atoms with van der Waals surface area (Å²) in [6.07, 6.45) is 0. The minimum absolute atomic E-state index is 1.24. The molecule has 194 valence electrons. The Morgan fingerprint density at radius 1 is 0.262 bits per heavy atom. The van der Waals surface area contributed by atoms with Crippen molar-refractivity contribution in [3.8, 4) is 55.6 Å². The number of benzene rings is 8. The molecular weight excluding hydrogens is 504 g/mol. The van der Waals surface area contributed by atoms with E-state index in [4.69, 9.17) is 0 Å². The smallest absolute Gasteiger partial charge is 0.00137 e. The molecule has 0 aromatic heterocycles. The zero-order chi connectivity index (χ0) is 27.6. The van der Waals surface area contributed by atoms with E-state index in [-0.39, 0.29) is 0 Å². The Balaban J connectivity index is 1.30. The molecule has 1 aliphatic carbocycles. The Morgan fingerprint density at radius 2 is 0.786 bits per heavy atom. The molecule has 42 heavy (non-hydrogen) atoms. The fourth-order valence-corrected chi connectivity index (χ4v) is 7.14. The van der Waals surface area contributed by atoms with Crippen LogP contribution in [0.15, 0.2) is 158 Å². The van der Waals surface area contributed by atoms with Crippen molar-refractivity contribution in [3.63, 3.8) is 0 Å². The van der Waals surface area contributed by atoms with Crippen LogP contribution in [0.5, 0.6) is 0 Å². The Hall–Kier alpha value is -5.46. The van der Waals surface area contributed by atoms with Gasteiger partial charge in [-0.15, -0.1) is 0 Å². The summed E-state index contributed by atoms with van der Waals surface area (Å²) in [7, 11) is 0. The Bertz CT molecular complexity index is 2320. The van der Waals surface area contributed by atoms with E-state index in [2.05, 4.69) is 158 Å². The van der Waals surface area contributed by atoms with Crippen LogP contribution in [-0.4, -0.2) is 0 Å². The highest BCUT2D eigenvalue weighted by Gasteiger charge is 2.28. The van der Waals surface area contributed by atoms with E-state index in [1.165, 1.54) is 88.0 Å². The molecule has 8 aromatic rings. The van der Waals surface area contributed by atoms with Crippen molar-refractivity contribution in [1.29, 1.82) is 0 Å². The van der Waals surface area contributed by atoms with Gasteiger partial charge in [-0.2, -0.15) is 0 Å². The molecule has 1 aliphatic rings. The van der Waals surface area contributed by atoms with Crippen LogP contribution in [-0.2, 0) is 0 Å². The largest absolute Gasteiger partial charge is 0.0622 e. The molecule has 9 rings (SSSR count). The molecule has 0 saturated carbocycles. The molecule has 0 amide bonds. The first kappa shape index (κ1) is 23.3. The first-order valence-electron chi connectivity index (χ1n) is 14.6. The van der Waals surface area contributed by atoms with Crippen LogP contribution in [0.2, 0.25) is 0 Å². The van der Waals surface area contributed by atoms with Gasteiger partial charge in [0.2, 0.25) is 0 Å². The minimum atomic E-state index is 1.24. The Labute approximate surface area is 245 Å². The van der Waals surface area contributed by atoms with Gasteiger partial charge in [-0.3, -0.25) is 0 Å². The molecular formula is C42H26. The van der Waals surface area contributed by atoms with Gasteiger partial charge in [0.1, 0.15) is 0 Å². The second kappa shape index (κ2) is 9.03. The standard InChI is InChI=1S/C42H26/c1-2-10-28(11-3-1)35-24-25-36(30-22-20-29(21-23-30)33-17-8-14-27-12-4-6-15-32(27)33)42-39-26-31-13-5-7-16-34(31)37-18-9-19-38(40(37)39)41(35)42/h1-26H. The lowest BCUT2D eigenvalue weighted by Gasteiger charge is -2.16. The van der Waals surface area contributed by atoms with Crippen molar-refractivity contribution in [2.45, 2.75) is 0 Å². The molecule has 0 saturated heterocycles. The third-order valence-corrected chi connectivity index (χ3v) is 9.01. The third-order valence-electron chi connectivity index (χ3n) is 9.01. The van der Waals surface area contributed by atoms with Crippen molar-refractivity contribution < 1.29 is 0 Å². The molecule has 0 atom stereocenters. The quantitative estimate of drug-likeness (QED) is 0.199. The summed E-state index contributed by atoms with van der Waals surface area (Å²) < 4.78 is 0. The fourth-order valence-electron chi connectivity index (χ4n) is 7.14. The topological polar surface area (TPSA) is 0 Å². The summed E-state index contributed by atoms with van der Waals surface area (Å²) in [5.74, 6) is 0. The Kier molecular flexibility index (Phi) is 5.00. The zero-order valence-electron chi connectivity index (χ0n) is 23.0. The number of rotatable bonds is 3. The molecule has 0 spiro atoms. The molecule has 0 unspecified atom stereocenters. The van der Waals surface area contributed by atoms with E-state index in [1.807, 2.05) is 0 Å². The summed E-state index contributed by atoms with van der Waals surface area (Å²) in [5, 5.41) is 7.85. The average molecular weight is 531 g/mol. The van der Waals surface area contributed by atoms with Crippen LogP contribution in [0.1, 0.15) is 0 Å². The summed E-state index contributed by atoms with van der Waals surface area (Å²) in [5.41, 5.74) is 12.9. The Morgan fingerprint density at radius 3 is 1.57 bits per heavy atom. The lowest BCUT2D eigenvalue weighted by Crippen LogP contribution is -1.90. The SMILES string of the molecule is c1ccc(-c2ccc(-c3ccc(-c4cccc5ccccc45)cc3)c3c2-c2cccc4c2c-3cc2ccccc24)cc1. The molecule has 0 radical (unpaired) electrons. The van der Waals surface area contributed by atoms with Crippen molar-refractivity contribution in [2.24, 2.45) is 0 Å². The summed E-state index contributed by atoms with van der Waals surface area (Å²) in [6.45, 7) is 0. The van der Waals surface area contributed by atoms with Crippen LogP contribution in [0.25, 0.3) is 88.0 Å². The van der Waals surface area contributed by atoms with Crippen molar-refractivity contribution in [1.82, 2.24) is 0 Å². The second-order valence-corrected chi connectivity index (χ2v) is 11.3. The number of fused-ring (bicyclic) bond motifs is 6. The first-order valence-corrected chi connectivity index (χ1v) is 14.6. The molecule has 0 heterocycles. The third kappa shape index (κ3) is 3.36. The van der Waals surface area contributed by atoms with E-state index in [0.717, 1.165) is 0 Å². The maximum Gasteiger partial charge on any atom is -0.00137 e. The molecule has 0 N–H and O–H groups in total. The van der Waals surface area contributed by atoms with E-state index in [9.17, 15) is 0 Å². The number of hydrogen-bond donors (Lipinski definition) is 0. The molecule has 8 aromatic carbocycles. The molecule has 0 nitrogen and oxygen atoms in total. The van der Waals surface area contributed by atoms with Gasteiger partial charge >= 0.3 is 0 Å². The van der Waals surface area contributed by atoms with E-state index >= 15 is 0 Å². The van der Waals surface area contributed by atoms with Gasteiger partial charge in [-0.05, 0) is 94.0 Å². The maximum absolute atomic E-state index is 2.41. The van der Waals surface area contributed by atoms with Crippen LogP contribution in [0, 0.1) is 0 Å². The van der Waals surface area contributed by atoms with Crippen LogP contribution < -0.4 is 0 Å². The van der Waals surface area contributed by atoms with E-state index in [0.29, 0.717) is 0 Å². The maximum atomic E-state index is 2.41. The summed E-state index contributed by atoms with van der Waals surface area (Å²) in [6, 6.07) is 57.9. The van der Waals surface area contributed by atoms with Crippen LogP contribution in [0.4, 0.5) is 0 Å². The highest BCUT2D eigenvalue weighted by Crippen LogP contribution is 2.55. The van der Waals surface area contributed by atoms with Crippen molar-refractivity contribution >= 4 is 32.3 Å². The van der Waals surface area contributed by atoms with Gasteiger partial charge in [-0.25, -0.2) is 0 Å². The minimum Gasteiger partial charge on any atom is -0.0622 e. The second-order valence-electron chi connectivity index (χ2n) is 11.3.